The lowest BCUT2D eigenvalue weighted by Gasteiger charge is -2.09. The lowest BCUT2D eigenvalue weighted by molar-refractivity contribution is -0.119. The molecular formula is C11H11BrFN3O. The van der Waals surface area contributed by atoms with Crippen molar-refractivity contribution in [3.8, 4) is 6.07 Å². The fraction of sp³-hybridized carbons (Fsp3) is 0.273. The van der Waals surface area contributed by atoms with E-state index in [9.17, 15) is 9.18 Å². The van der Waals surface area contributed by atoms with Gasteiger partial charge in [-0.1, -0.05) is 6.07 Å². The maximum Gasteiger partial charge on any atom is 0.239 e. The predicted octanol–water partition coefficient (Wildman–Crippen LogP) is 2.03. The van der Waals surface area contributed by atoms with Crippen molar-refractivity contribution in [2.75, 3.05) is 18.4 Å². The normalized spacial score (nSPS) is 9.47. The number of nitriles is 1. The lowest BCUT2D eigenvalue weighted by atomic mass is 10.3. The molecule has 0 heterocycles. The molecule has 1 amide bonds. The van der Waals surface area contributed by atoms with Crippen LogP contribution in [0.2, 0.25) is 0 Å². The van der Waals surface area contributed by atoms with E-state index in [0.717, 1.165) is 0 Å². The summed E-state index contributed by atoms with van der Waals surface area (Å²) in [5.74, 6) is -0.709. The van der Waals surface area contributed by atoms with Crippen LogP contribution in [0.25, 0.3) is 0 Å². The molecule has 0 saturated carbocycles. The van der Waals surface area contributed by atoms with Crippen molar-refractivity contribution in [2.24, 2.45) is 0 Å². The Hall–Kier alpha value is -1.61. The van der Waals surface area contributed by atoms with Crippen molar-refractivity contribution in [1.29, 1.82) is 5.26 Å². The van der Waals surface area contributed by atoms with Crippen LogP contribution in [0.5, 0.6) is 0 Å². The van der Waals surface area contributed by atoms with E-state index in [2.05, 4.69) is 26.6 Å². The van der Waals surface area contributed by atoms with Crippen molar-refractivity contribution < 1.29 is 9.18 Å². The molecule has 17 heavy (non-hydrogen) atoms. The summed E-state index contributed by atoms with van der Waals surface area (Å²) in [6.45, 7) is 0.264. The van der Waals surface area contributed by atoms with Crippen LogP contribution in [0.1, 0.15) is 6.42 Å². The van der Waals surface area contributed by atoms with E-state index in [1.54, 1.807) is 12.1 Å². The van der Waals surface area contributed by atoms with E-state index in [4.69, 9.17) is 5.26 Å². The quantitative estimate of drug-likeness (QED) is 0.818. The Morgan fingerprint density at radius 2 is 2.29 bits per heavy atom. The van der Waals surface area contributed by atoms with Crippen molar-refractivity contribution in [2.45, 2.75) is 6.42 Å². The Bertz CT molecular complexity index is 425. The SMILES string of the molecule is N#CCCNC(=O)CNc1c(F)cccc1Br. The molecule has 0 bridgehead atoms. The van der Waals surface area contributed by atoms with E-state index in [1.807, 2.05) is 6.07 Å². The van der Waals surface area contributed by atoms with Gasteiger partial charge in [-0.05, 0) is 28.1 Å². The summed E-state index contributed by atoms with van der Waals surface area (Å²) in [6, 6.07) is 6.47. The van der Waals surface area contributed by atoms with Gasteiger partial charge in [0.25, 0.3) is 0 Å². The number of benzene rings is 1. The summed E-state index contributed by atoms with van der Waals surface area (Å²) < 4.78 is 13.9. The largest absolute Gasteiger partial charge is 0.373 e. The number of hydrogen-bond donors (Lipinski definition) is 2. The zero-order valence-electron chi connectivity index (χ0n) is 8.96. The minimum atomic E-state index is -0.427. The Morgan fingerprint density at radius 1 is 1.53 bits per heavy atom. The van der Waals surface area contributed by atoms with Gasteiger partial charge in [0.1, 0.15) is 5.82 Å². The molecule has 0 fully saturated rings. The first-order valence-electron chi connectivity index (χ1n) is 4.96. The Balaban J connectivity index is 2.45. The second kappa shape index (κ2) is 6.86. The number of nitrogens with one attached hydrogen (secondary N) is 2. The van der Waals surface area contributed by atoms with Crippen LogP contribution in [0.3, 0.4) is 0 Å². The maximum absolute atomic E-state index is 13.3. The van der Waals surface area contributed by atoms with Crippen LogP contribution in [-0.2, 0) is 4.79 Å². The number of nitrogens with zero attached hydrogens (tertiary/aromatic N) is 1. The van der Waals surface area contributed by atoms with E-state index in [0.29, 0.717) is 11.0 Å². The highest BCUT2D eigenvalue weighted by molar-refractivity contribution is 9.10. The molecule has 4 nitrogen and oxygen atoms in total. The summed E-state index contributed by atoms with van der Waals surface area (Å²) in [5.41, 5.74) is 0.253. The summed E-state index contributed by atoms with van der Waals surface area (Å²) >= 11 is 3.18. The number of carbonyl (C=O) groups is 1. The van der Waals surface area contributed by atoms with E-state index in [-0.39, 0.29) is 24.6 Å². The summed E-state index contributed by atoms with van der Waals surface area (Å²) in [5, 5.41) is 13.5. The fourth-order valence-corrected chi connectivity index (χ4v) is 1.64. The first-order valence-corrected chi connectivity index (χ1v) is 5.76. The van der Waals surface area contributed by atoms with Gasteiger partial charge in [-0.2, -0.15) is 5.26 Å². The minimum Gasteiger partial charge on any atom is -0.373 e. The molecule has 6 heteroatoms. The summed E-state index contributed by atoms with van der Waals surface area (Å²) in [7, 11) is 0. The molecule has 90 valence electrons. The van der Waals surface area contributed by atoms with Gasteiger partial charge in [0.15, 0.2) is 0 Å². The highest BCUT2D eigenvalue weighted by Gasteiger charge is 2.07. The van der Waals surface area contributed by atoms with Gasteiger partial charge in [-0.15, -0.1) is 0 Å². The van der Waals surface area contributed by atoms with Gasteiger partial charge in [0.05, 0.1) is 24.7 Å². The van der Waals surface area contributed by atoms with Gasteiger partial charge in [-0.3, -0.25) is 4.79 Å². The Kier molecular flexibility index (Phi) is 5.43. The van der Waals surface area contributed by atoms with Crippen LogP contribution >= 0.6 is 15.9 Å². The Morgan fingerprint density at radius 3 is 2.94 bits per heavy atom. The number of halogens is 2. The lowest BCUT2D eigenvalue weighted by Crippen LogP contribution is -2.30. The fourth-order valence-electron chi connectivity index (χ4n) is 1.16. The van der Waals surface area contributed by atoms with Crippen LogP contribution < -0.4 is 10.6 Å². The molecule has 0 radical (unpaired) electrons. The molecule has 0 aliphatic rings. The van der Waals surface area contributed by atoms with Crippen molar-refractivity contribution in [3.63, 3.8) is 0 Å². The molecule has 0 unspecified atom stereocenters. The topological polar surface area (TPSA) is 64.9 Å². The molecule has 2 N–H and O–H groups in total. The molecule has 0 atom stereocenters. The number of rotatable bonds is 5. The minimum absolute atomic E-state index is 0.0367. The predicted molar refractivity (Wildman–Crippen MR) is 65.8 cm³/mol. The third kappa shape index (κ3) is 4.41. The van der Waals surface area contributed by atoms with Gasteiger partial charge >= 0.3 is 0 Å². The molecule has 1 aromatic rings. The van der Waals surface area contributed by atoms with Crippen molar-refractivity contribution in [1.82, 2.24) is 5.32 Å². The van der Waals surface area contributed by atoms with Crippen molar-refractivity contribution >= 4 is 27.5 Å². The molecular weight excluding hydrogens is 289 g/mol. The maximum atomic E-state index is 13.3. The van der Waals surface area contributed by atoms with Crippen molar-refractivity contribution in [3.05, 3.63) is 28.5 Å². The number of amides is 1. The molecule has 0 aliphatic heterocycles. The zero-order valence-corrected chi connectivity index (χ0v) is 10.6. The van der Waals surface area contributed by atoms with E-state index < -0.39 is 5.82 Å². The molecule has 1 rings (SSSR count). The molecule has 0 spiro atoms. The average Bonchev–Trinajstić information content (AvgIpc) is 2.29. The molecule has 0 aliphatic carbocycles. The monoisotopic (exact) mass is 299 g/mol. The number of para-hydroxylation sites is 1. The highest BCUT2D eigenvalue weighted by atomic mass is 79.9. The summed E-state index contributed by atoms with van der Waals surface area (Å²) in [6.07, 6.45) is 0.259. The van der Waals surface area contributed by atoms with Gasteiger partial charge in [0, 0.05) is 11.0 Å². The van der Waals surface area contributed by atoms with Crippen LogP contribution in [0.4, 0.5) is 10.1 Å². The molecule has 1 aromatic carbocycles. The highest BCUT2D eigenvalue weighted by Crippen LogP contribution is 2.24. The van der Waals surface area contributed by atoms with E-state index >= 15 is 0 Å². The third-order valence-corrected chi connectivity index (χ3v) is 2.61. The smallest absolute Gasteiger partial charge is 0.239 e. The molecule has 0 aromatic heterocycles. The van der Waals surface area contributed by atoms with Crippen LogP contribution in [0, 0.1) is 17.1 Å². The summed E-state index contributed by atoms with van der Waals surface area (Å²) in [4.78, 5) is 11.3. The van der Waals surface area contributed by atoms with Gasteiger partial charge in [-0.25, -0.2) is 4.39 Å². The zero-order chi connectivity index (χ0) is 12.7. The van der Waals surface area contributed by atoms with Crippen LogP contribution in [-0.4, -0.2) is 19.0 Å². The van der Waals surface area contributed by atoms with Gasteiger partial charge < -0.3 is 10.6 Å². The van der Waals surface area contributed by atoms with Gasteiger partial charge in [0.2, 0.25) is 5.91 Å². The Labute approximate surface area is 107 Å². The number of carbonyl (C=O) groups excluding carboxylic acids is 1. The molecule has 0 saturated heterocycles. The second-order valence-electron chi connectivity index (χ2n) is 3.21. The first kappa shape index (κ1) is 13.5. The third-order valence-electron chi connectivity index (χ3n) is 1.95. The first-order chi connectivity index (χ1) is 8.15. The standard InChI is InChI=1S/C11H11BrFN3O/c12-8-3-1-4-9(13)11(8)16-7-10(17)15-6-2-5-14/h1,3-4,16H,2,6-7H2,(H,15,17). The number of hydrogen-bond acceptors (Lipinski definition) is 3. The van der Waals surface area contributed by atoms with E-state index in [1.165, 1.54) is 6.07 Å². The van der Waals surface area contributed by atoms with Crippen LogP contribution in [0.15, 0.2) is 22.7 Å². The second-order valence-corrected chi connectivity index (χ2v) is 4.06. The average molecular weight is 300 g/mol. The number of anilines is 1.